The number of thiophene rings is 1. The lowest BCUT2D eigenvalue weighted by Gasteiger charge is -2.16. The lowest BCUT2D eigenvalue weighted by Crippen LogP contribution is -2.36. The molecule has 0 bridgehead atoms. The van der Waals surface area contributed by atoms with Crippen molar-refractivity contribution in [1.82, 2.24) is 9.36 Å². The van der Waals surface area contributed by atoms with Crippen molar-refractivity contribution in [3.63, 3.8) is 0 Å². The van der Waals surface area contributed by atoms with Crippen molar-refractivity contribution < 1.29 is 19.4 Å². The number of nitrogens with two attached hydrogens (primary N) is 1. The van der Waals surface area contributed by atoms with E-state index in [1.165, 1.54) is 42.9 Å². The lowest BCUT2D eigenvalue weighted by atomic mass is 9.93. The summed E-state index contributed by atoms with van der Waals surface area (Å²) in [6.45, 7) is 2.79. The van der Waals surface area contributed by atoms with Crippen LogP contribution >= 0.6 is 22.9 Å². The first-order valence-electron chi connectivity index (χ1n) is 8.81. The Kier molecular flexibility index (Phi) is 4.85. The number of hydrogen-bond acceptors (Lipinski definition) is 8. The maximum absolute atomic E-state index is 11.9. The second-order valence-electron chi connectivity index (χ2n) is 7.11. The van der Waals surface area contributed by atoms with Crippen molar-refractivity contribution in [1.29, 1.82) is 0 Å². The van der Waals surface area contributed by atoms with Crippen molar-refractivity contribution in [3.8, 4) is 21.3 Å². The SMILES string of the molecule is CC(C)(O)C(=O)Nc1ccc(Oc2sc(C(N)=O)c3c2-c2sncc2CC3)cn1. The topological polar surface area (TPSA) is 127 Å². The third-order valence-corrected chi connectivity index (χ3v) is 6.44. The summed E-state index contributed by atoms with van der Waals surface area (Å²) in [5.74, 6) is -0.296. The highest BCUT2D eigenvalue weighted by molar-refractivity contribution is 7.17. The van der Waals surface area contributed by atoms with Gasteiger partial charge in [-0.1, -0.05) is 11.3 Å². The Morgan fingerprint density at radius 2 is 2.07 bits per heavy atom. The monoisotopic (exact) mass is 430 g/mol. The van der Waals surface area contributed by atoms with E-state index in [1.807, 2.05) is 6.20 Å². The maximum atomic E-state index is 11.9. The van der Waals surface area contributed by atoms with Gasteiger partial charge in [-0.2, -0.15) is 0 Å². The van der Waals surface area contributed by atoms with Gasteiger partial charge < -0.3 is 20.9 Å². The summed E-state index contributed by atoms with van der Waals surface area (Å²) in [5, 5.41) is 12.8. The third-order valence-electron chi connectivity index (χ3n) is 4.46. The molecule has 0 saturated heterocycles. The van der Waals surface area contributed by atoms with Crippen LogP contribution in [0.4, 0.5) is 5.82 Å². The van der Waals surface area contributed by atoms with Gasteiger partial charge >= 0.3 is 0 Å². The van der Waals surface area contributed by atoms with E-state index in [0.717, 1.165) is 28.0 Å². The van der Waals surface area contributed by atoms with E-state index in [1.54, 1.807) is 12.1 Å². The number of ether oxygens (including phenoxy) is 1. The molecule has 3 aromatic rings. The molecular weight excluding hydrogens is 412 g/mol. The Morgan fingerprint density at radius 3 is 2.72 bits per heavy atom. The summed E-state index contributed by atoms with van der Waals surface area (Å²) in [5.41, 5.74) is 6.96. The highest BCUT2D eigenvalue weighted by Gasteiger charge is 2.30. The van der Waals surface area contributed by atoms with Gasteiger partial charge in [0, 0.05) is 6.20 Å². The van der Waals surface area contributed by atoms with Gasteiger partial charge in [0.1, 0.15) is 17.2 Å². The second-order valence-corrected chi connectivity index (χ2v) is 8.90. The molecule has 10 heteroatoms. The number of nitrogens with one attached hydrogen (secondary N) is 1. The van der Waals surface area contributed by atoms with Gasteiger partial charge in [0.2, 0.25) is 0 Å². The number of anilines is 1. The van der Waals surface area contributed by atoms with Crippen LogP contribution < -0.4 is 15.8 Å². The Balaban J connectivity index is 1.62. The molecule has 0 radical (unpaired) electrons. The van der Waals surface area contributed by atoms with Crippen LogP contribution in [0.3, 0.4) is 0 Å². The first-order valence-corrected chi connectivity index (χ1v) is 10.4. The molecule has 0 spiro atoms. The number of carbonyl (C=O) groups is 2. The van der Waals surface area contributed by atoms with Gasteiger partial charge in [0.05, 0.1) is 21.5 Å². The minimum absolute atomic E-state index is 0.292. The van der Waals surface area contributed by atoms with Gasteiger partial charge in [0.15, 0.2) is 5.06 Å². The van der Waals surface area contributed by atoms with E-state index in [-0.39, 0.29) is 0 Å². The Bertz CT molecular complexity index is 1100. The first-order chi connectivity index (χ1) is 13.7. The van der Waals surface area contributed by atoms with Crippen LogP contribution in [-0.4, -0.2) is 31.9 Å². The van der Waals surface area contributed by atoms with Crippen molar-refractivity contribution >= 4 is 40.5 Å². The highest BCUT2D eigenvalue weighted by atomic mass is 32.1. The summed E-state index contributed by atoms with van der Waals surface area (Å²) >= 11 is 2.58. The molecule has 4 rings (SSSR count). The van der Waals surface area contributed by atoms with Gasteiger partial charge in [0.25, 0.3) is 11.8 Å². The molecule has 2 amide bonds. The molecule has 0 unspecified atom stereocenters. The molecule has 0 aromatic carbocycles. The highest BCUT2D eigenvalue weighted by Crippen LogP contribution is 2.49. The smallest absolute Gasteiger partial charge is 0.259 e. The van der Waals surface area contributed by atoms with E-state index in [9.17, 15) is 14.7 Å². The molecule has 1 aliphatic carbocycles. The van der Waals surface area contributed by atoms with E-state index >= 15 is 0 Å². The van der Waals surface area contributed by atoms with Gasteiger partial charge in [-0.15, -0.1) is 0 Å². The van der Waals surface area contributed by atoms with Gasteiger partial charge in [-0.3, -0.25) is 9.59 Å². The van der Waals surface area contributed by atoms with Crippen LogP contribution in [0, 0.1) is 0 Å². The average molecular weight is 431 g/mol. The summed E-state index contributed by atoms with van der Waals surface area (Å²) in [7, 11) is 0. The van der Waals surface area contributed by atoms with Crippen LogP contribution in [-0.2, 0) is 17.6 Å². The van der Waals surface area contributed by atoms with Crippen LogP contribution in [0.25, 0.3) is 10.4 Å². The molecule has 150 valence electrons. The fourth-order valence-electron chi connectivity index (χ4n) is 2.98. The number of nitrogens with zero attached hydrogens (tertiary/aromatic N) is 2. The van der Waals surface area contributed by atoms with Crippen molar-refractivity contribution in [2.45, 2.75) is 32.3 Å². The van der Waals surface area contributed by atoms with E-state index in [2.05, 4.69) is 14.7 Å². The number of rotatable bonds is 5. The fourth-order valence-corrected chi connectivity index (χ4v) is 4.98. The summed E-state index contributed by atoms with van der Waals surface area (Å²) in [6, 6.07) is 3.23. The van der Waals surface area contributed by atoms with Crippen LogP contribution in [0.1, 0.15) is 34.6 Å². The Morgan fingerprint density at radius 1 is 1.28 bits per heavy atom. The number of aryl methyl sites for hydroxylation is 1. The molecule has 0 aliphatic heterocycles. The second kappa shape index (κ2) is 7.21. The number of pyridine rings is 1. The third kappa shape index (κ3) is 3.74. The predicted molar refractivity (Wildman–Crippen MR) is 111 cm³/mol. The van der Waals surface area contributed by atoms with Crippen LogP contribution in [0.5, 0.6) is 10.8 Å². The summed E-state index contributed by atoms with van der Waals surface area (Å²) in [4.78, 5) is 29.4. The Labute approximate surface area is 174 Å². The number of carbonyl (C=O) groups excluding carboxylic acids is 2. The average Bonchev–Trinajstić information content (AvgIpc) is 3.26. The number of amides is 2. The van der Waals surface area contributed by atoms with Gasteiger partial charge in [-0.25, -0.2) is 9.36 Å². The quantitative estimate of drug-likeness (QED) is 0.571. The minimum atomic E-state index is -1.51. The number of aromatic nitrogens is 2. The van der Waals surface area contributed by atoms with Crippen molar-refractivity contribution in [2.24, 2.45) is 5.73 Å². The molecule has 8 nitrogen and oxygen atoms in total. The van der Waals surface area contributed by atoms with E-state index in [4.69, 9.17) is 10.5 Å². The zero-order valence-corrected chi connectivity index (χ0v) is 17.3. The number of hydrogen-bond donors (Lipinski definition) is 3. The zero-order valence-electron chi connectivity index (χ0n) is 15.7. The summed E-state index contributed by atoms with van der Waals surface area (Å²) < 4.78 is 10.3. The molecule has 4 N–H and O–H groups in total. The predicted octanol–water partition coefficient (Wildman–Crippen LogP) is 2.97. The normalized spacial score (nSPS) is 12.8. The first kappa shape index (κ1) is 19.5. The fraction of sp³-hybridized carbons (Fsp3) is 0.263. The van der Waals surface area contributed by atoms with E-state index < -0.39 is 17.4 Å². The molecule has 3 aromatic heterocycles. The molecule has 0 fully saturated rings. The number of aliphatic hydroxyl groups is 1. The number of primary amides is 1. The molecule has 0 saturated carbocycles. The van der Waals surface area contributed by atoms with Gasteiger partial charge in [-0.05, 0) is 61.5 Å². The molecule has 3 heterocycles. The molecule has 0 atom stereocenters. The van der Waals surface area contributed by atoms with E-state index in [0.29, 0.717) is 27.9 Å². The van der Waals surface area contributed by atoms with Crippen LogP contribution in [0.15, 0.2) is 24.5 Å². The minimum Gasteiger partial charge on any atom is -0.444 e. The standard InChI is InChI=1S/C19H18N4O4S2/c1-19(2,26)18(25)23-12-6-4-10(8-21-12)27-17-13-11(15(28-17)16(20)24)5-3-9-7-22-29-14(9)13/h4,6-8,26H,3,5H2,1-2H3,(H2,20,24)(H,21,23,25). The Hall–Kier alpha value is -2.82. The van der Waals surface area contributed by atoms with Crippen molar-refractivity contribution in [3.05, 3.63) is 40.5 Å². The molecular formula is C19H18N4O4S2. The maximum Gasteiger partial charge on any atom is 0.259 e. The van der Waals surface area contributed by atoms with Crippen molar-refractivity contribution in [2.75, 3.05) is 5.32 Å². The lowest BCUT2D eigenvalue weighted by molar-refractivity contribution is -0.130. The summed E-state index contributed by atoms with van der Waals surface area (Å²) in [6.07, 6.45) is 4.83. The zero-order chi connectivity index (χ0) is 20.8. The van der Waals surface area contributed by atoms with Crippen LogP contribution in [0.2, 0.25) is 0 Å². The largest absolute Gasteiger partial charge is 0.444 e. The molecule has 29 heavy (non-hydrogen) atoms. The number of fused-ring (bicyclic) bond motifs is 3. The molecule has 1 aliphatic rings.